The Morgan fingerprint density at radius 3 is 1.24 bits per heavy atom. The van der Waals surface area contributed by atoms with Crippen molar-refractivity contribution in [1.29, 1.82) is 0 Å². The van der Waals surface area contributed by atoms with Gasteiger partial charge in [0.05, 0.1) is 28.1 Å². The van der Waals surface area contributed by atoms with Gasteiger partial charge in [0.15, 0.2) is 34.6 Å². The van der Waals surface area contributed by atoms with Gasteiger partial charge in [-0.15, -0.1) is 0 Å². The van der Waals surface area contributed by atoms with E-state index in [2.05, 4.69) is 56.7 Å². The molecule has 0 aliphatic carbocycles. The average Bonchev–Trinajstić information content (AvgIpc) is 4.11. The number of aromatic amines is 1. The number of rotatable bonds is 8. The van der Waals surface area contributed by atoms with Crippen LogP contribution in [0.15, 0.2) is 200 Å². The molecule has 13 rings (SSSR count). The van der Waals surface area contributed by atoms with Crippen LogP contribution in [0.25, 0.3) is 89.7 Å². The zero-order valence-electron chi connectivity index (χ0n) is 36.2. The second-order valence-electron chi connectivity index (χ2n) is 16.5. The first kappa shape index (κ1) is 38.8. The molecule has 0 radical (unpaired) electrons. The minimum absolute atomic E-state index is 0.498. The van der Waals surface area contributed by atoms with Crippen LogP contribution in [-0.4, -0.2) is 39.6 Å². The monoisotopic (exact) mass is 878 g/mol. The van der Waals surface area contributed by atoms with E-state index < -0.39 is 0 Å². The van der Waals surface area contributed by atoms with Crippen molar-refractivity contribution in [2.45, 2.75) is 0 Å². The fourth-order valence-corrected chi connectivity index (χ4v) is 9.02. The third-order valence-corrected chi connectivity index (χ3v) is 12.1. The maximum absolute atomic E-state index is 5.47. The van der Waals surface area contributed by atoms with Crippen molar-refractivity contribution in [3.63, 3.8) is 0 Å². The van der Waals surface area contributed by atoms with Crippen LogP contribution in [0.3, 0.4) is 0 Å². The maximum atomic E-state index is 5.47. The van der Waals surface area contributed by atoms with Crippen molar-refractivity contribution >= 4 is 83.9 Å². The van der Waals surface area contributed by atoms with E-state index in [4.69, 9.17) is 29.9 Å². The fraction of sp³-hybridized carbons (Fsp3) is 0. The third kappa shape index (κ3) is 6.79. The van der Waals surface area contributed by atoms with Gasteiger partial charge in [-0.2, -0.15) is 0 Å². The zero-order chi connectivity index (χ0) is 45.0. The number of H-pyrrole nitrogens is 1. The van der Waals surface area contributed by atoms with Crippen LogP contribution in [0.2, 0.25) is 0 Å². The van der Waals surface area contributed by atoms with Gasteiger partial charge in [-0.05, 0) is 54.6 Å². The molecule has 0 saturated heterocycles. The molecule has 68 heavy (non-hydrogen) atoms. The van der Waals surface area contributed by atoms with Gasteiger partial charge >= 0.3 is 0 Å². The number of fused-ring (bicyclic) bond motifs is 20. The van der Waals surface area contributed by atoms with E-state index in [-0.39, 0.29) is 0 Å². The predicted molar refractivity (Wildman–Crippen MR) is 274 cm³/mol. The molecule has 0 amide bonds. The third-order valence-electron chi connectivity index (χ3n) is 12.1. The number of anilines is 7. The Balaban J connectivity index is 1.20. The predicted octanol–water partition coefficient (Wildman–Crippen LogP) is 13.4. The molecular weight excluding hydrogens is 841 g/mol. The SMILES string of the molecule is c1ccc(Nc2cc3c4nc5nc(nc6c7ccccc7c(nc7nc(nc([nH]4)c3c(Nc3ccccc3)c2Nc2ccccc2)-c2ccccc2-7)n6Nc2ccccc2)-c2ccccc2-5)cc1. The summed E-state index contributed by atoms with van der Waals surface area (Å²) in [6.45, 7) is 0. The fourth-order valence-electron chi connectivity index (χ4n) is 9.02. The van der Waals surface area contributed by atoms with Crippen molar-refractivity contribution in [3.8, 4) is 45.6 Å². The summed E-state index contributed by atoms with van der Waals surface area (Å²) in [7, 11) is 0. The van der Waals surface area contributed by atoms with E-state index >= 15 is 0 Å². The lowest BCUT2D eigenvalue weighted by Gasteiger charge is -2.21. The van der Waals surface area contributed by atoms with E-state index in [1.165, 1.54) is 0 Å². The summed E-state index contributed by atoms with van der Waals surface area (Å²) in [5.41, 5.74) is 15.3. The molecule has 0 spiro atoms. The molecule has 0 atom stereocenters. The van der Waals surface area contributed by atoms with Gasteiger partial charge in [0, 0.05) is 55.5 Å². The normalized spacial score (nSPS) is 11.5. The van der Waals surface area contributed by atoms with Crippen molar-refractivity contribution < 1.29 is 0 Å². The summed E-state index contributed by atoms with van der Waals surface area (Å²) in [6, 6.07) is 66.9. The molecule has 8 bridgehead atoms. The number of aromatic nitrogens is 8. The highest BCUT2D eigenvalue weighted by molar-refractivity contribution is 6.19. The molecule has 8 aromatic carbocycles. The Labute approximate surface area is 389 Å². The van der Waals surface area contributed by atoms with Crippen molar-refractivity contribution in [1.82, 2.24) is 39.6 Å². The Bertz CT molecular complexity index is 3910. The van der Waals surface area contributed by atoms with Crippen LogP contribution < -0.4 is 21.4 Å². The minimum Gasteiger partial charge on any atom is -0.354 e. The molecule has 2 aliphatic rings. The van der Waals surface area contributed by atoms with E-state index in [1.807, 2.05) is 175 Å². The summed E-state index contributed by atoms with van der Waals surface area (Å²) in [5, 5.41) is 14.7. The Kier molecular flexibility index (Phi) is 9.17. The van der Waals surface area contributed by atoms with Crippen molar-refractivity contribution in [3.05, 3.63) is 200 Å². The number of nitrogens with zero attached hydrogens (tertiary/aromatic N) is 7. The smallest absolute Gasteiger partial charge is 0.164 e. The largest absolute Gasteiger partial charge is 0.354 e. The molecule has 322 valence electrons. The zero-order valence-corrected chi connectivity index (χ0v) is 36.2. The van der Waals surface area contributed by atoms with Gasteiger partial charge in [0.1, 0.15) is 11.3 Å². The number of hydrogen-bond acceptors (Lipinski definition) is 10. The van der Waals surface area contributed by atoms with Gasteiger partial charge in [-0.1, -0.05) is 146 Å². The van der Waals surface area contributed by atoms with E-state index in [0.717, 1.165) is 83.6 Å². The second-order valence-corrected chi connectivity index (χ2v) is 16.5. The van der Waals surface area contributed by atoms with Gasteiger partial charge in [-0.25, -0.2) is 34.6 Å². The molecule has 5 N–H and O–H groups in total. The summed E-state index contributed by atoms with van der Waals surface area (Å²) < 4.78 is 1.93. The summed E-state index contributed by atoms with van der Waals surface area (Å²) in [6.07, 6.45) is 0. The maximum Gasteiger partial charge on any atom is 0.164 e. The lowest BCUT2D eigenvalue weighted by molar-refractivity contribution is 1.00. The minimum atomic E-state index is 0.498. The molecule has 5 heterocycles. The Morgan fingerprint density at radius 2 is 0.735 bits per heavy atom. The lowest BCUT2D eigenvalue weighted by atomic mass is 10.1. The standard InChI is InChI=1S/C56H38N12/c1-5-19-34(20-6-1)57-45-33-44-46(48(59-36-23-9-3-10-24-36)47(45)58-35-21-7-2-8-22-35)54-63-50-39-28-14-16-30-41(39)52(61-50)66-56-43-32-18-17-31-42(43)55(68(56)67-37-25-11-4-12-26-37)65-51-40-29-15-13-27-38(40)49(60-51)62-53(44)64-54/h1-33,57-59,67H,(H,60,61,62,63,64,65,66). The molecule has 11 aromatic rings. The van der Waals surface area contributed by atoms with Crippen LogP contribution in [0, 0.1) is 0 Å². The van der Waals surface area contributed by atoms with Gasteiger partial charge in [0.2, 0.25) is 0 Å². The quantitative estimate of drug-likeness (QED) is 0.0999. The molecule has 0 fully saturated rings. The number of para-hydroxylation sites is 4. The van der Waals surface area contributed by atoms with Gasteiger partial charge in [0.25, 0.3) is 0 Å². The lowest BCUT2D eigenvalue weighted by Crippen LogP contribution is -2.10. The van der Waals surface area contributed by atoms with Crippen LogP contribution in [0.5, 0.6) is 0 Å². The topological polar surface area (TPSA) is 146 Å². The van der Waals surface area contributed by atoms with E-state index in [0.29, 0.717) is 45.9 Å². The van der Waals surface area contributed by atoms with Gasteiger partial charge in [-0.3, -0.25) is 5.43 Å². The Morgan fingerprint density at radius 1 is 0.338 bits per heavy atom. The highest BCUT2D eigenvalue weighted by atomic mass is 15.4. The molecule has 12 heteroatoms. The Hall–Kier alpha value is -9.68. The number of benzene rings is 8. The van der Waals surface area contributed by atoms with Crippen molar-refractivity contribution in [2.24, 2.45) is 0 Å². The van der Waals surface area contributed by atoms with E-state index in [1.54, 1.807) is 0 Å². The highest BCUT2D eigenvalue weighted by Crippen LogP contribution is 2.46. The van der Waals surface area contributed by atoms with Crippen LogP contribution in [-0.2, 0) is 0 Å². The first-order chi connectivity index (χ1) is 33.7. The molecule has 3 aromatic heterocycles. The average molecular weight is 879 g/mol. The summed E-state index contributed by atoms with van der Waals surface area (Å²) in [4.78, 5) is 35.9. The summed E-state index contributed by atoms with van der Waals surface area (Å²) in [5.74, 6) is 2.04. The number of hydrogen-bond donors (Lipinski definition) is 5. The summed E-state index contributed by atoms with van der Waals surface area (Å²) >= 11 is 0. The van der Waals surface area contributed by atoms with Crippen LogP contribution in [0.1, 0.15) is 0 Å². The highest BCUT2D eigenvalue weighted by Gasteiger charge is 2.26. The van der Waals surface area contributed by atoms with E-state index in [9.17, 15) is 0 Å². The first-order valence-electron chi connectivity index (χ1n) is 22.3. The van der Waals surface area contributed by atoms with Crippen LogP contribution >= 0.6 is 0 Å². The van der Waals surface area contributed by atoms with Crippen LogP contribution in [0.4, 0.5) is 39.8 Å². The molecular formula is C56H38N12. The first-order valence-corrected chi connectivity index (χ1v) is 22.3. The van der Waals surface area contributed by atoms with Gasteiger partial charge < -0.3 is 20.9 Å². The molecule has 0 unspecified atom stereocenters. The van der Waals surface area contributed by atoms with Crippen molar-refractivity contribution in [2.75, 3.05) is 21.4 Å². The molecule has 0 saturated carbocycles. The number of nitrogens with one attached hydrogen (secondary N) is 5. The molecule has 2 aliphatic heterocycles. The second kappa shape index (κ2) is 16.1. The molecule has 12 nitrogen and oxygen atoms in total.